The van der Waals surface area contributed by atoms with E-state index >= 15 is 0 Å². The number of amides is 1. The molecular formula is C12H14N2OS. The maximum absolute atomic E-state index is 11.2. The van der Waals surface area contributed by atoms with E-state index < -0.39 is 0 Å². The van der Waals surface area contributed by atoms with Crippen LogP contribution in [0.25, 0.3) is 10.9 Å². The first-order valence-electron chi connectivity index (χ1n) is 5.16. The van der Waals surface area contributed by atoms with Gasteiger partial charge < -0.3 is 10.3 Å². The molecule has 0 saturated carbocycles. The van der Waals surface area contributed by atoms with Crippen LogP contribution in [0.5, 0.6) is 0 Å². The lowest BCUT2D eigenvalue weighted by Crippen LogP contribution is -2.23. The van der Waals surface area contributed by atoms with Gasteiger partial charge in [-0.2, -0.15) is 12.6 Å². The molecule has 0 aliphatic rings. The van der Waals surface area contributed by atoms with Crippen LogP contribution < -0.4 is 5.32 Å². The topological polar surface area (TPSA) is 44.9 Å². The first kappa shape index (κ1) is 11.1. The molecule has 1 amide bonds. The Balaban J connectivity index is 2.29. The zero-order chi connectivity index (χ0) is 11.5. The number of fused-ring (bicyclic) bond motifs is 1. The van der Waals surface area contributed by atoms with Gasteiger partial charge in [-0.15, -0.1) is 0 Å². The molecule has 3 nitrogen and oxygen atoms in total. The first-order valence-corrected chi connectivity index (χ1v) is 5.79. The standard InChI is InChI=1S/C12H14N2OS/c1-8-10(6-13-12(15)7-16)9-4-2-3-5-11(9)14-8/h2-5,14,16H,6-7H2,1H3,(H,13,15). The number of aromatic nitrogens is 1. The number of aromatic amines is 1. The number of aryl methyl sites for hydroxylation is 1. The van der Waals surface area contributed by atoms with Crippen molar-refractivity contribution in [2.45, 2.75) is 13.5 Å². The van der Waals surface area contributed by atoms with E-state index in [0.717, 1.165) is 16.8 Å². The molecule has 0 atom stereocenters. The maximum Gasteiger partial charge on any atom is 0.229 e. The SMILES string of the molecule is Cc1[nH]c2ccccc2c1CNC(=O)CS. The highest BCUT2D eigenvalue weighted by Crippen LogP contribution is 2.21. The fourth-order valence-electron chi connectivity index (χ4n) is 1.81. The lowest BCUT2D eigenvalue weighted by atomic mass is 10.1. The average Bonchev–Trinajstić information content (AvgIpc) is 2.62. The van der Waals surface area contributed by atoms with Gasteiger partial charge in [0.2, 0.25) is 5.91 Å². The molecule has 0 aliphatic carbocycles. The third kappa shape index (κ3) is 2.07. The van der Waals surface area contributed by atoms with Gasteiger partial charge in [0.15, 0.2) is 0 Å². The van der Waals surface area contributed by atoms with Crippen molar-refractivity contribution >= 4 is 29.4 Å². The highest BCUT2D eigenvalue weighted by atomic mass is 32.1. The minimum atomic E-state index is -0.0481. The van der Waals surface area contributed by atoms with Crippen LogP contribution in [0.2, 0.25) is 0 Å². The molecule has 4 heteroatoms. The van der Waals surface area contributed by atoms with E-state index in [0.29, 0.717) is 6.54 Å². The summed E-state index contributed by atoms with van der Waals surface area (Å²) in [6, 6.07) is 8.08. The van der Waals surface area contributed by atoms with Gasteiger partial charge in [0.25, 0.3) is 0 Å². The third-order valence-electron chi connectivity index (χ3n) is 2.63. The molecule has 2 N–H and O–H groups in total. The molecule has 0 aliphatic heterocycles. The van der Waals surface area contributed by atoms with Gasteiger partial charge in [0.05, 0.1) is 5.75 Å². The first-order chi connectivity index (χ1) is 7.72. The molecule has 0 saturated heterocycles. The number of benzene rings is 1. The molecule has 0 fully saturated rings. The van der Waals surface area contributed by atoms with Crippen LogP contribution in [0.3, 0.4) is 0 Å². The largest absolute Gasteiger partial charge is 0.358 e. The Hall–Kier alpha value is -1.42. The van der Waals surface area contributed by atoms with Crippen LogP contribution in [-0.2, 0) is 11.3 Å². The van der Waals surface area contributed by atoms with Crippen molar-refractivity contribution < 1.29 is 4.79 Å². The van der Waals surface area contributed by atoms with Crippen molar-refractivity contribution in [1.82, 2.24) is 10.3 Å². The number of para-hydroxylation sites is 1. The second-order valence-electron chi connectivity index (χ2n) is 3.71. The van der Waals surface area contributed by atoms with Gasteiger partial charge in [-0.1, -0.05) is 18.2 Å². The highest BCUT2D eigenvalue weighted by Gasteiger charge is 2.08. The normalized spacial score (nSPS) is 10.6. The molecule has 2 aromatic rings. The number of H-pyrrole nitrogens is 1. The highest BCUT2D eigenvalue weighted by molar-refractivity contribution is 7.81. The summed E-state index contributed by atoms with van der Waals surface area (Å²) in [4.78, 5) is 14.5. The molecule has 0 spiro atoms. The van der Waals surface area contributed by atoms with E-state index in [-0.39, 0.29) is 11.7 Å². The Labute approximate surface area is 99.6 Å². The van der Waals surface area contributed by atoms with Crippen LogP contribution in [0.1, 0.15) is 11.3 Å². The van der Waals surface area contributed by atoms with Gasteiger partial charge in [-0.05, 0) is 18.6 Å². The smallest absolute Gasteiger partial charge is 0.229 e. The molecule has 0 radical (unpaired) electrons. The summed E-state index contributed by atoms with van der Waals surface area (Å²) >= 11 is 3.93. The molecule has 1 aromatic carbocycles. The van der Waals surface area contributed by atoms with Crippen molar-refractivity contribution in [2.24, 2.45) is 0 Å². The Morgan fingerprint density at radius 3 is 2.94 bits per heavy atom. The summed E-state index contributed by atoms with van der Waals surface area (Å²) in [5.41, 5.74) is 3.35. The van der Waals surface area contributed by atoms with Crippen LogP contribution in [0.4, 0.5) is 0 Å². The quantitative estimate of drug-likeness (QED) is 0.699. The lowest BCUT2D eigenvalue weighted by Gasteiger charge is -2.03. The van der Waals surface area contributed by atoms with Crippen LogP contribution in [-0.4, -0.2) is 16.6 Å². The Morgan fingerprint density at radius 1 is 1.44 bits per heavy atom. The Kier molecular flexibility index (Phi) is 3.19. The maximum atomic E-state index is 11.2. The van der Waals surface area contributed by atoms with E-state index in [4.69, 9.17) is 0 Å². The second kappa shape index (κ2) is 4.61. The molecule has 16 heavy (non-hydrogen) atoms. The Morgan fingerprint density at radius 2 is 2.19 bits per heavy atom. The van der Waals surface area contributed by atoms with Gasteiger partial charge in [0, 0.05) is 23.1 Å². The van der Waals surface area contributed by atoms with Crippen molar-refractivity contribution in [3.8, 4) is 0 Å². The minimum absolute atomic E-state index is 0.0481. The summed E-state index contributed by atoms with van der Waals surface area (Å²) < 4.78 is 0. The summed E-state index contributed by atoms with van der Waals surface area (Å²) in [6.07, 6.45) is 0. The zero-order valence-electron chi connectivity index (χ0n) is 9.08. The van der Waals surface area contributed by atoms with E-state index in [1.807, 2.05) is 25.1 Å². The van der Waals surface area contributed by atoms with E-state index in [1.165, 1.54) is 5.39 Å². The summed E-state index contributed by atoms with van der Waals surface area (Å²) in [7, 11) is 0. The average molecular weight is 234 g/mol. The van der Waals surface area contributed by atoms with E-state index in [2.05, 4.69) is 29.0 Å². The number of hydrogen-bond donors (Lipinski definition) is 3. The third-order valence-corrected chi connectivity index (χ3v) is 2.92. The number of carbonyl (C=O) groups is 1. The number of hydrogen-bond acceptors (Lipinski definition) is 2. The fraction of sp³-hybridized carbons (Fsp3) is 0.250. The monoisotopic (exact) mass is 234 g/mol. The van der Waals surface area contributed by atoms with Crippen LogP contribution in [0, 0.1) is 6.92 Å². The zero-order valence-corrected chi connectivity index (χ0v) is 9.97. The molecular weight excluding hydrogens is 220 g/mol. The van der Waals surface area contributed by atoms with E-state index in [1.54, 1.807) is 0 Å². The van der Waals surface area contributed by atoms with Crippen molar-refractivity contribution in [3.05, 3.63) is 35.5 Å². The molecule has 0 unspecified atom stereocenters. The second-order valence-corrected chi connectivity index (χ2v) is 4.03. The Bertz CT molecular complexity index is 519. The van der Waals surface area contributed by atoms with Crippen molar-refractivity contribution in [2.75, 3.05) is 5.75 Å². The van der Waals surface area contributed by atoms with Crippen molar-refractivity contribution in [3.63, 3.8) is 0 Å². The lowest BCUT2D eigenvalue weighted by molar-refractivity contribution is -0.118. The minimum Gasteiger partial charge on any atom is -0.358 e. The predicted molar refractivity (Wildman–Crippen MR) is 68.7 cm³/mol. The summed E-state index contributed by atoms with van der Waals surface area (Å²) in [6.45, 7) is 2.57. The van der Waals surface area contributed by atoms with Crippen LogP contribution in [0.15, 0.2) is 24.3 Å². The van der Waals surface area contributed by atoms with Gasteiger partial charge in [-0.3, -0.25) is 4.79 Å². The molecule has 1 aromatic heterocycles. The van der Waals surface area contributed by atoms with Gasteiger partial charge in [0.1, 0.15) is 0 Å². The fourth-order valence-corrected chi connectivity index (χ4v) is 1.92. The number of carbonyl (C=O) groups excluding carboxylic acids is 1. The van der Waals surface area contributed by atoms with Gasteiger partial charge >= 0.3 is 0 Å². The molecule has 84 valence electrons. The van der Waals surface area contributed by atoms with E-state index in [9.17, 15) is 4.79 Å². The summed E-state index contributed by atoms with van der Waals surface area (Å²) in [5.74, 6) is 0.175. The number of thiol groups is 1. The molecule has 0 bridgehead atoms. The molecule has 1 heterocycles. The number of rotatable bonds is 3. The van der Waals surface area contributed by atoms with Crippen molar-refractivity contribution in [1.29, 1.82) is 0 Å². The van der Waals surface area contributed by atoms with Gasteiger partial charge in [-0.25, -0.2) is 0 Å². The summed E-state index contributed by atoms with van der Waals surface area (Å²) in [5, 5.41) is 4.00. The van der Waals surface area contributed by atoms with Crippen LogP contribution >= 0.6 is 12.6 Å². The predicted octanol–water partition coefficient (Wildman–Crippen LogP) is 2.02. The molecule has 2 rings (SSSR count). The number of nitrogens with one attached hydrogen (secondary N) is 2.